The van der Waals surface area contributed by atoms with Gasteiger partial charge in [0.1, 0.15) is 0 Å². The molecule has 0 spiro atoms. The molecule has 8 nitrogen and oxygen atoms in total. The Balaban J connectivity index is 1.44. The Bertz CT molecular complexity index is 984. The number of para-hydroxylation sites is 1. The van der Waals surface area contributed by atoms with Crippen LogP contribution in [-0.4, -0.2) is 38.7 Å². The van der Waals surface area contributed by atoms with Crippen molar-refractivity contribution in [1.82, 2.24) is 20.2 Å². The van der Waals surface area contributed by atoms with Crippen LogP contribution >= 0.6 is 11.8 Å². The largest absolute Gasteiger partial charge is 0.454 e. The van der Waals surface area contributed by atoms with Gasteiger partial charge in [0.05, 0.1) is 11.4 Å². The second-order valence-electron chi connectivity index (χ2n) is 6.02. The summed E-state index contributed by atoms with van der Waals surface area (Å²) in [6.07, 6.45) is 0. The predicted molar refractivity (Wildman–Crippen MR) is 101 cm³/mol. The molecule has 1 aromatic heterocycles. The summed E-state index contributed by atoms with van der Waals surface area (Å²) < 4.78 is 12.3. The van der Waals surface area contributed by atoms with Gasteiger partial charge in [-0.1, -0.05) is 30.0 Å². The highest BCUT2D eigenvalue weighted by atomic mass is 32.2. The number of rotatable bonds is 5. The quantitative estimate of drug-likeness (QED) is 0.677. The number of amides is 1. The topological polar surface area (TPSA) is 91.2 Å². The lowest BCUT2D eigenvalue weighted by atomic mass is 10.1. The van der Waals surface area contributed by atoms with Gasteiger partial charge in [-0.2, -0.15) is 4.68 Å². The molecule has 1 N–H and O–H groups in total. The number of carbonyl (C=O) groups is 1. The second kappa shape index (κ2) is 7.28. The molecule has 4 rings (SSSR count). The average Bonchev–Trinajstić information content (AvgIpc) is 3.28. The number of nitrogens with zero attached hydrogens (tertiary/aromatic N) is 4. The van der Waals surface area contributed by atoms with Crippen molar-refractivity contribution in [1.29, 1.82) is 0 Å². The van der Waals surface area contributed by atoms with Crippen LogP contribution in [0.5, 0.6) is 11.5 Å². The molecule has 0 saturated carbocycles. The normalized spacial score (nSPS) is 12.2. The molecule has 0 atom stereocenters. The van der Waals surface area contributed by atoms with Crippen molar-refractivity contribution in [3.8, 4) is 17.2 Å². The highest BCUT2D eigenvalue weighted by Gasteiger charge is 2.16. The van der Waals surface area contributed by atoms with E-state index in [1.807, 2.05) is 32.0 Å². The first-order chi connectivity index (χ1) is 13.1. The smallest absolute Gasteiger partial charge is 0.234 e. The number of carbonyl (C=O) groups excluding carboxylic acids is 1. The number of hydrogen-bond donors (Lipinski definition) is 1. The Labute approximate surface area is 159 Å². The lowest BCUT2D eigenvalue weighted by Gasteiger charge is -2.10. The first-order valence-corrected chi connectivity index (χ1v) is 9.27. The number of benzene rings is 2. The fraction of sp³-hybridized carbons (Fsp3) is 0.222. The van der Waals surface area contributed by atoms with Crippen LogP contribution in [0.1, 0.15) is 11.1 Å². The summed E-state index contributed by atoms with van der Waals surface area (Å²) in [5.41, 5.74) is 3.71. The Morgan fingerprint density at radius 2 is 1.96 bits per heavy atom. The van der Waals surface area contributed by atoms with Gasteiger partial charge in [-0.3, -0.25) is 4.79 Å². The first kappa shape index (κ1) is 17.3. The third-order valence-corrected chi connectivity index (χ3v) is 5.00. The first-order valence-electron chi connectivity index (χ1n) is 8.29. The Kier molecular flexibility index (Phi) is 4.68. The second-order valence-corrected chi connectivity index (χ2v) is 6.96. The number of hydrogen-bond acceptors (Lipinski definition) is 7. The molecule has 0 unspecified atom stereocenters. The molecule has 138 valence electrons. The highest BCUT2D eigenvalue weighted by Crippen LogP contribution is 2.34. The lowest BCUT2D eigenvalue weighted by molar-refractivity contribution is -0.113. The molecular formula is C18H17N5O3S. The van der Waals surface area contributed by atoms with Crippen molar-refractivity contribution in [2.45, 2.75) is 19.0 Å². The van der Waals surface area contributed by atoms with Gasteiger partial charge in [-0.05, 0) is 47.5 Å². The number of thioether (sulfide) groups is 1. The molecule has 1 aliphatic rings. The molecule has 1 amide bonds. The number of nitrogens with one attached hydrogen (secondary N) is 1. The maximum atomic E-state index is 12.3. The monoisotopic (exact) mass is 383 g/mol. The average molecular weight is 383 g/mol. The van der Waals surface area contributed by atoms with Crippen molar-refractivity contribution in [2.24, 2.45) is 0 Å². The van der Waals surface area contributed by atoms with Gasteiger partial charge in [0.2, 0.25) is 17.9 Å². The highest BCUT2D eigenvalue weighted by molar-refractivity contribution is 7.99. The van der Waals surface area contributed by atoms with Crippen molar-refractivity contribution < 1.29 is 14.3 Å². The summed E-state index contributed by atoms with van der Waals surface area (Å²) in [5.74, 6) is 1.32. The number of tetrazole rings is 1. The van der Waals surface area contributed by atoms with Crippen LogP contribution in [-0.2, 0) is 4.79 Å². The Hall–Kier alpha value is -3.07. The van der Waals surface area contributed by atoms with Gasteiger partial charge in [0, 0.05) is 11.8 Å². The maximum absolute atomic E-state index is 12.3. The van der Waals surface area contributed by atoms with E-state index in [9.17, 15) is 4.79 Å². The minimum Gasteiger partial charge on any atom is -0.454 e. The summed E-state index contributed by atoms with van der Waals surface area (Å²) in [4.78, 5) is 12.3. The van der Waals surface area contributed by atoms with Gasteiger partial charge in [-0.25, -0.2) is 0 Å². The third-order valence-electron chi connectivity index (χ3n) is 4.08. The van der Waals surface area contributed by atoms with Crippen molar-refractivity contribution in [3.63, 3.8) is 0 Å². The summed E-state index contributed by atoms with van der Waals surface area (Å²) in [5, 5.41) is 15.3. The van der Waals surface area contributed by atoms with E-state index in [1.54, 1.807) is 22.9 Å². The molecule has 2 heterocycles. The maximum Gasteiger partial charge on any atom is 0.234 e. The number of aromatic nitrogens is 4. The predicted octanol–water partition coefficient (Wildman–Crippen LogP) is 2.74. The van der Waals surface area contributed by atoms with Gasteiger partial charge in [0.15, 0.2) is 11.5 Å². The van der Waals surface area contributed by atoms with Crippen LogP contribution in [0.25, 0.3) is 5.69 Å². The Morgan fingerprint density at radius 1 is 1.19 bits per heavy atom. The SMILES string of the molecule is Cc1cccc(C)c1-n1nnnc1SCC(=O)Nc1ccc2c(c1)OCO2. The molecule has 0 aliphatic carbocycles. The number of ether oxygens (including phenoxy) is 2. The lowest BCUT2D eigenvalue weighted by Crippen LogP contribution is -2.14. The zero-order chi connectivity index (χ0) is 18.8. The van der Waals surface area contributed by atoms with Crippen LogP contribution in [0.15, 0.2) is 41.6 Å². The summed E-state index contributed by atoms with van der Waals surface area (Å²) in [6.45, 7) is 4.21. The molecule has 0 radical (unpaired) electrons. The number of anilines is 1. The summed E-state index contributed by atoms with van der Waals surface area (Å²) in [6, 6.07) is 11.3. The van der Waals surface area contributed by atoms with E-state index in [0.29, 0.717) is 22.3 Å². The fourth-order valence-electron chi connectivity index (χ4n) is 2.85. The van der Waals surface area contributed by atoms with E-state index in [0.717, 1.165) is 16.8 Å². The molecule has 27 heavy (non-hydrogen) atoms. The van der Waals surface area contributed by atoms with Crippen LogP contribution in [0.3, 0.4) is 0 Å². The molecule has 0 bridgehead atoms. The van der Waals surface area contributed by atoms with E-state index >= 15 is 0 Å². The van der Waals surface area contributed by atoms with Crippen molar-refractivity contribution in [2.75, 3.05) is 17.9 Å². The van der Waals surface area contributed by atoms with E-state index in [-0.39, 0.29) is 18.5 Å². The van der Waals surface area contributed by atoms with Crippen LogP contribution in [0.2, 0.25) is 0 Å². The molecule has 3 aromatic rings. The van der Waals surface area contributed by atoms with Gasteiger partial charge in [0.25, 0.3) is 0 Å². The van der Waals surface area contributed by atoms with Crippen LogP contribution in [0.4, 0.5) is 5.69 Å². The molecule has 0 fully saturated rings. The van der Waals surface area contributed by atoms with Crippen LogP contribution in [0, 0.1) is 13.8 Å². The summed E-state index contributed by atoms with van der Waals surface area (Å²) >= 11 is 1.28. The molecule has 1 aliphatic heterocycles. The molecule has 2 aromatic carbocycles. The van der Waals surface area contributed by atoms with Crippen molar-refractivity contribution in [3.05, 3.63) is 47.5 Å². The van der Waals surface area contributed by atoms with E-state index in [2.05, 4.69) is 20.8 Å². The number of fused-ring (bicyclic) bond motifs is 1. The minimum absolute atomic E-state index is 0.157. The molecular weight excluding hydrogens is 366 g/mol. The fourth-order valence-corrected chi connectivity index (χ4v) is 3.53. The Morgan fingerprint density at radius 3 is 2.78 bits per heavy atom. The third kappa shape index (κ3) is 3.59. The van der Waals surface area contributed by atoms with Crippen LogP contribution < -0.4 is 14.8 Å². The zero-order valence-electron chi connectivity index (χ0n) is 14.8. The van der Waals surface area contributed by atoms with E-state index < -0.39 is 0 Å². The zero-order valence-corrected chi connectivity index (χ0v) is 15.6. The molecule has 9 heteroatoms. The van der Waals surface area contributed by atoms with Gasteiger partial charge >= 0.3 is 0 Å². The minimum atomic E-state index is -0.157. The van der Waals surface area contributed by atoms with Crippen molar-refractivity contribution >= 4 is 23.4 Å². The number of aryl methyl sites for hydroxylation is 2. The van der Waals surface area contributed by atoms with E-state index in [1.165, 1.54) is 11.8 Å². The van der Waals surface area contributed by atoms with Gasteiger partial charge in [-0.15, -0.1) is 5.10 Å². The van der Waals surface area contributed by atoms with Gasteiger partial charge < -0.3 is 14.8 Å². The summed E-state index contributed by atoms with van der Waals surface area (Å²) in [7, 11) is 0. The molecule has 0 saturated heterocycles. The van der Waals surface area contributed by atoms with E-state index in [4.69, 9.17) is 9.47 Å². The standard InChI is InChI=1S/C18H17N5O3S/c1-11-4-3-5-12(2)17(11)23-18(20-21-22-23)27-9-16(24)19-13-6-7-14-15(8-13)26-10-25-14/h3-8H,9-10H2,1-2H3,(H,19,24).